The molecule has 3 heterocycles. The summed E-state index contributed by atoms with van der Waals surface area (Å²) in [4.78, 5) is 6.88. The molecule has 3 rings (SSSR count). The smallest absolute Gasteiger partial charge is 0.244 e. The Kier molecular flexibility index (Phi) is 4.55. The molecule has 2 aromatic rings. The maximum atomic E-state index is 5.33. The number of nitrogens with zero attached hydrogens (tertiary/aromatic N) is 3. The van der Waals surface area contributed by atoms with E-state index < -0.39 is 0 Å². The lowest BCUT2D eigenvalue weighted by atomic mass is 9.97. The molecule has 21 heavy (non-hydrogen) atoms. The highest BCUT2D eigenvalue weighted by Gasteiger charge is 2.21. The van der Waals surface area contributed by atoms with E-state index in [4.69, 9.17) is 4.42 Å². The SMILES string of the molecule is CNCC1CCN(c2n[nH]c(CCc3ccco3)n2)CC1. The van der Waals surface area contributed by atoms with Gasteiger partial charge < -0.3 is 14.6 Å². The van der Waals surface area contributed by atoms with E-state index in [0.717, 1.165) is 55.9 Å². The topological polar surface area (TPSA) is 70.0 Å². The lowest BCUT2D eigenvalue weighted by Crippen LogP contribution is -2.37. The van der Waals surface area contributed by atoms with Crippen LogP contribution in [0.4, 0.5) is 5.95 Å². The van der Waals surface area contributed by atoms with Gasteiger partial charge in [-0.15, -0.1) is 5.10 Å². The number of rotatable bonds is 6. The molecule has 6 nitrogen and oxygen atoms in total. The quantitative estimate of drug-likeness (QED) is 0.845. The largest absolute Gasteiger partial charge is 0.469 e. The number of hydrogen-bond acceptors (Lipinski definition) is 5. The Morgan fingerprint density at radius 1 is 1.38 bits per heavy atom. The molecule has 0 aromatic carbocycles. The highest BCUT2D eigenvalue weighted by molar-refractivity contribution is 5.29. The van der Waals surface area contributed by atoms with Crippen molar-refractivity contribution in [1.82, 2.24) is 20.5 Å². The van der Waals surface area contributed by atoms with Crippen LogP contribution in [-0.4, -0.2) is 41.9 Å². The molecule has 1 aliphatic rings. The average Bonchev–Trinajstić information content (AvgIpc) is 3.18. The molecule has 0 saturated carbocycles. The molecule has 0 radical (unpaired) electrons. The fourth-order valence-corrected chi connectivity index (χ4v) is 2.86. The molecule has 6 heteroatoms. The third-order valence-electron chi connectivity index (χ3n) is 4.10. The molecule has 0 unspecified atom stereocenters. The molecule has 114 valence electrons. The Morgan fingerprint density at radius 3 is 2.95 bits per heavy atom. The zero-order valence-electron chi connectivity index (χ0n) is 12.5. The maximum Gasteiger partial charge on any atom is 0.244 e. The van der Waals surface area contributed by atoms with Crippen LogP contribution in [0.25, 0.3) is 0 Å². The third-order valence-corrected chi connectivity index (χ3v) is 4.10. The molecule has 0 spiro atoms. The lowest BCUT2D eigenvalue weighted by molar-refractivity contribution is 0.391. The van der Waals surface area contributed by atoms with E-state index in [2.05, 4.69) is 25.4 Å². The van der Waals surface area contributed by atoms with Crippen LogP contribution in [0.15, 0.2) is 22.8 Å². The Morgan fingerprint density at radius 2 is 2.24 bits per heavy atom. The minimum atomic E-state index is 0.781. The number of nitrogens with one attached hydrogen (secondary N) is 2. The second kappa shape index (κ2) is 6.76. The molecule has 0 aliphatic carbocycles. The molecule has 2 N–H and O–H groups in total. The van der Waals surface area contributed by atoms with Crippen molar-refractivity contribution in [3.05, 3.63) is 30.0 Å². The van der Waals surface area contributed by atoms with E-state index in [0.29, 0.717) is 0 Å². The van der Waals surface area contributed by atoms with Gasteiger partial charge in [-0.3, -0.25) is 5.10 Å². The predicted octanol–water partition coefficient (Wildman–Crippen LogP) is 1.62. The predicted molar refractivity (Wildman–Crippen MR) is 81.4 cm³/mol. The number of aromatic nitrogens is 3. The molecular weight excluding hydrogens is 266 g/mol. The summed E-state index contributed by atoms with van der Waals surface area (Å²) >= 11 is 0. The molecule has 1 fully saturated rings. The van der Waals surface area contributed by atoms with Gasteiger partial charge in [-0.1, -0.05) is 0 Å². The fourth-order valence-electron chi connectivity index (χ4n) is 2.86. The number of aryl methyl sites for hydroxylation is 2. The van der Waals surface area contributed by atoms with Crippen molar-refractivity contribution in [2.45, 2.75) is 25.7 Å². The van der Waals surface area contributed by atoms with E-state index in [1.807, 2.05) is 19.2 Å². The van der Waals surface area contributed by atoms with Crippen molar-refractivity contribution in [1.29, 1.82) is 0 Å². The molecule has 0 atom stereocenters. The summed E-state index contributed by atoms with van der Waals surface area (Å²) in [5.74, 6) is 3.54. The molecule has 0 bridgehead atoms. The van der Waals surface area contributed by atoms with E-state index in [1.165, 1.54) is 12.8 Å². The fraction of sp³-hybridized carbons (Fsp3) is 0.600. The zero-order chi connectivity index (χ0) is 14.5. The first kappa shape index (κ1) is 14.1. The highest BCUT2D eigenvalue weighted by atomic mass is 16.3. The number of aromatic amines is 1. The van der Waals surface area contributed by atoms with Crippen LogP contribution in [0.5, 0.6) is 0 Å². The van der Waals surface area contributed by atoms with Gasteiger partial charge in [0, 0.05) is 25.9 Å². The van der Waals surface area contributed by atoms with Gasteiger partial charge in [0.25, 0.3) is 0 Å². The first-order valence-corrected chi connectivity index (χ1v) is 7.68. The summed E-state index contributed by atoms with van der Waals surface area (Å²) in [5.41, 5.74) is 0. The van der Waals surface area contributed by atoms with Crippen LogP contribution in [0, 0.1) is 5.92 Å². The van der Waals surface area contributed by atoms with Gasteiger partial charge >= 0.3 is 0 Å². The van der Waals surface area contributed by atoms with E-state index in [-0.39, 0.29) is 0 Å². The second-order valence-corrected chi connectivity index (χ2v) is 5.65. The zero-order valence-corrected chi connectivity index (χ0v) is 12.5. The molecule has 2 aromatic heterocycles. The monoisotopic (exact) mass is 289 g/mol. The first-order valence-electron chi connectivity index (χ1n) is 7.68. The molecule has 1 saturated heterocycles. The number of piperidine rings is 1. The summed E-state index contributed by atoms with van der Waals surface area (Å²) in [6.45, 7) is 3.19. The van der Waals surface area contributed by atoms with Crippen LogP contribution in [0.3, 0.4) is 0 Å². The van der Waals surface area contributed by atoms with Crippen LogP contribution in [-0.2, 0) is 12.8 Å². The maximum absolute atomic E-state index is 5.33. The van der Waals surface area contributed by atoms with E-state index >= 15 is 0 Å². The average molecular weight is 289 g/mol. The van der Waals surface area contributed by atoms with E-state index in [1.54, 1.807) is 6.26 Å². The summed E-state index contributed by atoms with van der Waals surface area (Å²) in [5, 5.41) is 10.7. The molecule has 1 aliphatic heterocycles. The third kappa shape index (κ3) is 3.64. The van der Waals surface area contributed by atoms with Crippen molar-refractivity contribution >= 4 is 5.95 Å². The lowest BCUT2D eigenvalue weighted by Gasteiger charge is -2.30. The standard InChI is InChI=1S/C15H23N5O/c1-16-11-12-6-8-20(9-7-12)15-17-14(18-19-15)5-4-13-3-2-10-21-13/h2-3,10,12,16H,4-9,11H2,1H3,(H,17,18,19). The minimum Gasteiger partial charge on any atom is -0.469 e. The first-order chi connectivity index (χ1) is 10.3. The van der Waals surface area contributed by atoms with Gasteiger partial charge in [-0.2, -0.15) is 4.98 Å². The number of H-pyrrole nitrogens is 1. The summed E-state index contributed by atoms with van der Waals surface area (Å²) < 4.78 is 5.33. The van der Waals surface area contributed by atoms with Gasteiger partial charge in [-0.25, -0.2) is 0 Å². The van der Waals surface area contributed by atoms with Crippen LogP contribution < -0.4 is 10.2 Å². The van der Waals surface area contributed by atoms with Gasteiger partial charge in [-0.05, 0) is 44.5 Å². The van der Waals surface area contributed by atoms with Crippen molar-refractivity contribution in [2.75, 3.05) is 31.6 Å². The van der Waals surface area contributed by atoms with Crippen LogP contribution in [0.1, 0.15) is 24.4 Å². The van der Waals surface area contributed by atoms with Crippen LogP contribution in [0.2, 0.25) is 0 Å². The van der Waals surface area contributed by atoms with E-state index in [9.17, 15) is 0 Å². The van der Waals surface area contributed by atoms with Crippen molar-refractivity contribution in [3.8, 4) is 0 Å². The summed E-state index contributed by atoms with van der Waals surface area (Å²) in [6, 6.07) is 3.90. The highest BCUT2D eigenvalue weighted by Crippen LogP contribution is 2.20. The Labute approximate surface area is 124 Å². The molecular formula is C15H23N5O. The minimum absolute atomic E-state index is 0.781. The van der Waals surface area contributed by atoms with Crippen molar-refractivity contribution in [3.63, 3.8) is 0 Å². The Bertz CT molecular complexity index is 528. The van der Waals surface area contributed by atoms with Gasteiger partial charge in [0.05, 0.1) is 6.26 Å². The summed E-state index contributed by atoms with van der Waals surface area (Å²) in [7, 11) is 2.02. The number of anilines is 1. The normalized spacial score (nSPS) is 16.5. The Balaban J connectivity index is 1.51. The van der Waals surface area contributed by atoms with Gasteiger partial charge in [0.1, 0.15) is 11.6 Å². The summed E-state index contributed by atoms with van der Waals surface area (Å²) in [6.07, 6.45) is 5.80. The second-order valence-electron chi connectivity index (χ2n) is 5.65. The van der Waals surface area contributed by atoms with Gasteiger partial charge in [0.2, 0.25) is 5.95 Å². The Hall–Kier alpha value is -1.82. The van der Waals surface area contributed by atoms with Crippen molar-refractivity contribution in [2.24, 2.45) is 5.92 Å². The van der Waals surface area contributed by atoms with Crippen LogP contribution >= 0.6 is 0 Å². The number of hydrogen-bond donors (Lipinski definition) is 2. The van der Waals surface area contributed by atoms with Crippen molar-refractivity contribution < 1.29 is 4.42 Å². The molecule has 0 amide bonds. The number of furan rings is 1. The van der Waals surface area contributed by atoms with Gasteiger partial charge in [0.15, 0.2) is 0 Å².